The van der Waals surface area contributed by atoms with Gasteiger partial charge < -0.3 is 15.3 Å². The summed E-state index contributed by atoms with van der Waals surface area (Å²) in [7, 11) is 0. The minimum atomic E-state index is -0.819. The SMILES string of the molecule is CC(=O)N1CCc2cc(C(=O)NCCCCC(=O)O)ccc21. The average molecular weight is 304 g/mol. The van der Waals surface area contributed by atoms with Gasteiger partial charge in [0.25, 0.3) is 5.91 Å². The van der Waals surface area contributed by atoms with E-state index < -0.39 is 5.97 Å². The molecule has 0 saturated carbocycles. The Labute approximate surface area is 129 Å². The maximum absolute atomic E-state index is 12.0. The van der Waals surface area contributed by atoms with Crippen molar-refractivity contribution in [3.05, 3.63) is 29.3 Å². The van der Waals surface area contributed by atoms with Gasteiger partial charge in [0.15, 0.2) is 0 Å². The number of hydrogen-bond acceptors (Lipinski definition) is 3. The highest BCUT2D eigenvalue weighted by Gasteiger charge is 2.22. The Hall–Kier alpha value is -2.37. The van der Waals surface area contributed by atoms with Gasteiger partial charge in [-0.15, -0.1) is 0 Å². The third-order valence-corrected chi connectivity index (χ3v) is 3.72. The highest BCUT2D eigenvalue weighted by molar-refractivity contribution is 5.97. The summed E-state index contributed by atoms with van der Waals surface area (Å²) >= 11 is 0. The lowest BCUT2D eigenvalue weighted by molar-refractivity contribution is -0.137. The van der Waals surface area contributed by atoms with Gasteiger partial charge in [0, 0.05) is 37.7 Å². The number of fused-ring (bicyclic) bond motifs is 1. The van der Waals surface area contributed by atoms with E-state index in [1.165, 1.54) is 6.92 Å². The number of aliphatic carboxylic acids is 1. The molecule has 6 nitrogen and oxygen atoms in total. The molecular weight excluding hydrogens is 284 g/mol. The topological polar surface area (TPSA) is 86.7 Å². The van der Waals surface area contributed by atoms with Crippen molar-refractivity contribution in [2.45, 2.75) is 32.6 Å². The van der Waals surface area contributed by atoms with Gasteiger partial charge >= 0.3 is 5.97 Å². The van der Waals surface area contributed by atoms with Crippen LogP contribution in [0.5, 0.6) is 0 Å². The number of carbonyl (C=O) groups excluding carboxylic acids is 2. The van der Waals surface area contributed by atoms with E-state index >= 15 is 0 Å². The first kappa shape index (κ1) is 16.0. The van der Waals surface area contributed by atoms with Crippen LogP contribution in [0.25, 0.3) is 0 Å². The number of hydrogen-bond donors (Lipinski definition) is 2. The molecule has 118 valence electrons. The molecule has 0 atom stereocenters. The monoisotopic (exact) mass is 304 g/mol. The number of amides is 2. The summed E-state index contributed by atoms with van der Waals surface area (Å²) in [6.07, 6.45) is 2.07. The van der Waals surface area contributed by atoms with Crippen LogP contribution in [0.15, 0.2) is 18.2 Å². The summed E-state index contributed by atoms with van der Waals surface area (Å²) in [6.45, 7) is 2.65. The van der Waals surface area contributed by atoms with Gasteiger partial charge in [-0.05, 0) is 43.0 Å². The summed E-state index contributed by atoms with van der Waals surface area (Å²) < 4.78 is 0. The molecule has 0 aromatic heterocycles. The zero-order valence-electron chi connectivity index (χ0n) is 12.6. The molecule has 0 fully saturated rings. The second kappa shape index (κ2) is 7.06. The van der Waals surface area contributed by atoms with Crippen LogP contribution in [0.1, 0.15) is 42.1 Å². The van der Waals surface area contributed by atoms with Crippen molar-refractivity contribution in [1.82, 2.24) is 5.32 Å². The number of carboxylic acid groups (broad SMARTS) is 1. The second-order valence-corrected chi connectivity index (χ2v) is 5.37. The smallest absolute Gasteiger partial charge is 0.303 e. The number of carbonyl (C=O) groups is 3. The third-order valence-electron chi connectivity index (χ3n) is 3.72. The molecular formula is C16H20N2O4. The summed E-state index contributed by atoms with van der Waals surface area (Å²) in [5.74, 6) is -0.978. The Balaban J connectivity index is 1.89. The quantitative estimate of drug-likeness (QED) is 0.781. The van der Waals surface area contributed by atoms with Crippen molar-refractivity contribution in [3.63, 3.8) is 0 Å². The molecule has 0 spiro atoms. The number of rotatable bonds is 6. The van der Waals surface area contributed by atoms with E-state index in [2.05, 4.69) is 5.32 Å². The van der Waals surface area contributed by atoms with Gasteiger partial charge in [0.1, 0.15) is 0 Å². The van der Waals surface area contributed by atoms with Crippen molar-refractivity contribution >= 4 is 23.5 Å². The number of carboxylic acids is 1. The first-order valence-corrected chi connectivity index (χ1v) is 7.40. The second-order valence-electron chi connectivity index (χ2n) is 5.37. The molecule has 2 amide bonds. The van der Waals surface area contributed by atoms with Gasteiger partial charge in [-0.1, -0.05) is 0 Å². The van der Waals surface area contributed by atoms with Crippen molar-refractivity contribution in [3.8, 4) is 0 Å². The summed E-state index contributed by atoms with van der Waals surface area (Å²) in [6, 6.07) is 5.35. The van der Waals surface area contributed by atoms with Gasteiger partial charge in [-0.25, -0.2) is 0 Å². The molecule has 6 heteroatoms. The normalized spacial score (nSPS) is 12.9. The van der Waals surface area contributed by atoms with E-state index in [0.29, 0.717) is 31.5 Å². The zero-order valence-corrected chi connectivity index (χ0v) is 12.6. The molecule has 2 rings (SSSR count). The van der Waals surface area contributed by atoms with Crippen molar-refractivity contribution in [1.29, 1.82) is 0 Å². The Morgan fingerprint density at radius 1 is 1.27 bits per heavy atom. The van der Waals surface area contributed by atoms with Gasteiger partial charge in [0.2, 0.25) is 5.91 Å². The molecule has 22 heavy (non-hydrogen) atoms. The number of benzene rings is 1. The van der Waals surface area contributed by atoms with Crippen LogP contribution in [-0.2, 0) is 16.0 Å². The average Bonchev–Trinajstić information content (AvgIpc) is 2.89. The van der Waals surface area contributed by atoms with Crippen LogP contribution in [-0.4, -0.2) is 36.0 Å². The highest BCUT2D eigenvalue weighted by atomic mass is 16.4. The molecule has 0 aliphatic carbocycles. The molecule has 1 heterocycles. The predicted molar refractivity (Wildman–Crippen MR) is 82.0 cm³/mol. The highest BCUT2D eigenvalue weighted by Crippen LogP contribution is 2.28. The minimum Gasteiger partial charge on any atom is -0.481 e. The number of anilines is 1. The molecule has 2 N–H and O–H groups in total. The molecule has 1 aliphatic rings. The van der Waals surface area contributed by atoms with Crippen LogP contribution in [0, 0.1) is 0 Å². The first-order chi connectivity index (χ1) is 10.5. The van der Waals surface area contributed by atoms with E-state index in [1.807, 2.05) is 12.1 Å². The number of nitrogens with zero attached hydrogens (tertiary/aromatic N) is 1. The molecule has 0 bridgehead atoms. The third kappa shape index (κ3) is 3.84. The molecule has 1 aromatic rings. The zero-order chi connectivity index (χ0) is 16.1. The maximum Gasteiger partial charge on any atom is 0.303 e. The van der Waals surface area contributed by atoms with E-state index in [0.717, 1.165) is 17.7 Å². The van der Waals surface area contributed by atoms with Crippen LogP contribution in [0.2, 0.25) is 0 Å². The van der Waals surface area contributed by atoms with E-state index in [-0.39, 0.29) is 18.2 Å². The van der Waals surface area contributed by atoms with Crippen LogP contribution < -0.4 is 10.2 Å². The minimum absolute atomic E-state index is 0.00869. The lowest BCUT2D eigenvalue weighted by atomic mass is 10.1. The molecule has 0 saturated heterocycles. The Morgan fingerprint density at radius 2 is 2.05 bits per heavy atom. The summed E-state index contributed by atoms with van der Waals surface area (Å²) in [4.78, 5) is 35.6. The van der Waals surface area contributed by atoms with E-state index in [1.54, 1.807) is 11.0 Å². The van der Waals surface area contributed by atoms with Crippen molar-refractivity contribution in [2.75, 3.05) is 18.0 Å². The number of unbranched alkanes of at least 4 members (excludes halogenated alkanes) is 1. The number of nitrogens with one attached hydrogen (secondary N) is 1. The van der Waals surface area contributed by atoms with Gasteiger partial charge in [0.05, 0.1) is 0 Å². The maximum atomic E-state index is 12.0. The predicted octanol–water partition coefficient (Wildman–Crippen LogP) is 1.58. The fraction of sp³-hybridized carbons (Fsp3) is 0.438. The van der Waals surface area contributed by atoms with Crippen LogP contribution >= 0.6 is 0 Å². The Bertz CT molecular complexity index is 598. The fourth-order valence-corrected chi connectivity index (χ4v) is 2.58. The first-order valence-electron chi connectivity index (χ1n) is 7.40. The summed E-state index contributed by atoms with van der Waals surface area (Å²) in [5.41, 5.74) is 2.46. The van der Waals surface area contributed by atoms with Crippen LogP contribution in [0.4, 0.5) is 5.69 Å². The summed E-state index contributed by atoms with van der Waals surface area (Å²) in [5, 5.41) is 11.3. The van der Waals surface area contributed by atoms with Gasteiger partial charge in [-0.2, -0.15) is 0 Å². The Morgan fingerprint density at radius 3 is 2.73 bits per heavy atom. The van der Waals surface area contributed by atoms with E-state index in [9.17, 15) is 14.4 Å². The largest absolute Gasteiger partial charge is 0.481 e. The van der Waals surface area contributed by atoms with Crippen molar-refractivity contribution < 1.29 is 19.5 Å². The lowest BCUT2D eigenvalue weighted by Gasteiger charge is -2.14. The molecule has 1 aromatic carbocycles. The van der Waals surface area contributed by atoms with Gasteiger partial charge in [-0.3, -0.25) is 14.4 Å². The molecule has 0 unspecified atom stereocenters. The van der Waals surface area contributed by atoms with Crippen LogP contribution in [0.3, 0.4) is 0 Å². The Kier molecular flexibility index (Phi) is 5.14. The lowest BCUT2D eigenvalue weighted by Crippen LogP contribution is -2.26. The molecule has 1 aliphatic heterocycles. The molecule has 0 radical (unpaired) electrons. The van der Waals surface area contributed by atoms with E-state index in [4.69, 9.17) is 5.11 Å². The fourth-order valence-electron chi connectivity index (χ4n) is 2.58. The standard InChI is InChI=1S/C16H20N2O4/c1-11(19)18-9-7-12-10-13(5-6-14(12)18)16(22)17-8-3-2-4-15(20)21/h5-6,10H,2-4,7-9H2,1H3,(H,17,22)(H,20,21). The van der Waals surface area contributed by atoms with Crippen molar-refractivity contribution in [2.24, 2.45) is 0 Å².